The van der Waals surface area contributed by atoms with Gasteiger partial charge in [0.05, 0.1) is 0 Å². The highest BCUT2D eigenvalue weighted by Crippen LogP contribution is 2.29. The van der Waals surface area contributed by atoms with Crippen LogP contribution in [0.2, 0.25) is 0 Å². The third-order valence-electron chi connectivity index (χ3n) is 5.18. The van der Waals surface area contributed by atoms with E-state index in [2.05, 4.69) is 95.9 Å². The van der Waals surface area contributed by atoms with Crippen molar-refractivity contribution in [2.24, 2.45) is 0 Å². The molecule has 2 aromatic carbocycles. The Morgan fingerprint density at radius 2 is 1.88 bits per heavy atom. The monoisotopic (exact) mass is 362 g/mol. The lowest BCUT2D eigenvalue weighted by molar-refractivity contribution is 0.500. The zero-order chi connectivity index (χ0) is 17.8. The smallest absolute Gasteiger partial charge is 0.0457 e. The van der Waals surface area contributed by atoms with Gasteiger partial charge in [-0.3, -0.25) is 0 Å². The number of aromatic nitrogens is 1. The molecule has 0 saturated carbocycles. The number of hydrogen-bond donors (Lipinski definition) is 2. The third-order valence-corrected chi connectivity index (χ3v) is 6.42. The largest absolute Gasteiger partial charge is 0.361 e. The lowest BCUT2D eigenvalue weighted by atomic mass is 9.93. The summed E-state index contributed by atoms with van der Waals surface area (Å²) in [7, 11) is 0. The van der Waals surface area contributed by atoms with Gasteiger partial charge in [-0.15, -0.1) is 0 Å². The molecule has 4 rings (SSSR count). The SMILES string of the molecule is CC(CC1CC(c2ccccc2)=CCN1)SCc1c[nH]c2ccccc12. The molecule has 0 spiro atoms. The molecule has 134 valence electrons. The molecule has 0 aliphatic carbocycles. The van der Waals surface area contributed by atoms with Crippen molar-refractivity contribution >= 4 is 28.2 Å². The molecule has 2 nitrogen and oxygen atoms in total. The van der Waals surface area contributed by atoms with Crippen molar-refractivity contribution < 1.29 is 0 Å². The maximum atomic E-state index is 3.68. The highest BCUT2D eigenvalue weighted by molar-refractivity contribution is 7.99. The molecule has 1 aromatic heterocycles. The Morgan fingerprint density at radius 1 is 1.08 bits per heavy atom. The Balaban J connectivity index is 1.32. The van der Waals surface area contributed by atoms with Gasteiger partial charge in [-0.25, -0.2) is 0 Å². The minimum absolute atomic E-state index is 0.570. The van der Waals surface area contributed by atoms with E-state index in [1.54, 1.807) is 0 Å². The Labute approximate surface area is 160 Å². The predicted octanol–water partition coefficient (Wildman–Crippen LogP) is 5.63. The molecule has 2 unspecified atom stereocenters. The van der Waals surface area contributed by atoms with Gasteiger partial charge in [-0.05, 0) is 35.6 Å². The lowest BCUT2D eigenvalue weighted by Crippen LogP contribution is -2.34. The van der Waals surface area contributed by atoms with Crippen molar-refractivity contribution in [1.29, 1.82) is 0 Å². The van der Waals surface area contributed by atoms with Crippen LogP contribution in [0.15, 0.2) is 66.9 Å². The van der Waals surface area contributed by atoms with Crippen LogP contribution in [-0.2, 0) is 5.75 Å². The number of H-pyrrole nitrogens is 1. The van der Waals surface area contributed by atoms with Gasteiger partial charge in [0.2, 0.25) is 0 Å². The molecule has 2 N–H and O–H groups in total. The summed E-state index contributed by atoms with van der Waals surface area (Å²) in [5.41, 5.74) is 5.52. The molecule has 0 fully saturated rings. The van der Waals surface area contributed by atoms with Gasteiger partial charge in [0.15, 0.2) is 0 Å². The second kappa shape index (κ2) is 8.15. The standard InChI is InChI=1S/C23H26N2S/c1-17(26-16-20-15-25-23-10-6-5-9-22(20)23)13-21-14-19(11-12-24-21)18-7-3-2-4-8-18/h2-11,15,17,21,24-25H,12-14,16H2,1H3. The number of nitrogens with one attached hydrogen (secondary N) is 2. The first kappa shape index (κ1) is 17.4. The van der Waals surface area contributed by atoms with E-state index in [1.165, 1.54) is 34.0 Å². The van der Waals surface area contributed by atoms with Crippen LogP contribution in [0.1, 0.15) is 30.9 Å². The maximum Gasteiger partial charge on any atom is 0.0457 e. The molecule has 0 radical (unpaired) electrons. The summed E-state index contributed by atoms with van der Waals surface area (Å²) >= 11 is 2.06. The number of para-hydroxylation sites is 1. The zero-order valence-electron chi connectivity index (χ0n) is 15.2. The molecule has 0 saturated heterocycles. The van der Waals surface area contributed by atoms with Crippen LogP contribution in [0.4, 0.5) is 0 Å². The first-order valence-electron chi connectivity index (χ1n) is 9.44. The average molecular weight is 363 g/mol. The van der Waals surface area contributed by atoms with Crippen molar-refractivity contribution in [3.63, 3.8) is 0 Å². The fraction of sp³-hybridized carbons (Fsp3) is 0.304. The third kappa shape index (κ3) is 4.05. The summed E-state index contributed by atoms with van der Waals surface area (Å²) < 4.78 is 0. The van der Waals surface area contributed by atoms with E-state index < -0.39 is 0 Å². The first-order chi connectivity index (χ1) is 12.8. The van der Waals surface area contributed by atoms with Gasteiger partial charge in [0, 0.05) is 40.7 Å². The summed E-state index contributed by atoms with van der Waals surface area (Å²) in [6.07, 6.45) is 6.84. The minimum Gasteiger partial charge on any atom is -0.361 e. The van der Waals surface area contributed by atoms with E-state index >= 15 is 0 Å². The van der Waals surface area contributed by atoms with E-state index in [9.17, 15) is 0 Å². The summed E-state index contributed by atoms with van der Waals surface area (Å²) in [4.78, 5) is 3.38. The Morgan fingerprint density at radius 3 is 2.77 bits per heavy atom. The lowest BCUT2D eigenvalue weighted by Gasteiger charge is -2.27. The van der Waals surface area contributed by atoms with Crippen molar-refractivity contribution in [1.82, 2.24) is 10.3 Å². The van der Waals surface area contributed by atoms with Crippen LogP contribution in [0.25, 0.3) is 16.5 Å². The summed E-state index contributed by atoms with van der Waals surface area (Å²) in [5, 5.41) is 5.67. The Kier molecular flexibility index (Phi) is 5.47. The summed E-state index contributed by atoms with van der Waals surface area (Å²) in [5.74, 6) is 1.07. The van der Waals surface area contributed by atoms with E-state index in [4.69, 9.17) is 0 Å². The van der Waals surface area contributed by atoms with E-state index in [0.717, 1.165) is 18.7 Å². The van der Waals surface area contributed by atoms with Crippen LogP contribution < -0.4 is 5.32 Å². The van der Waals surface area contributed by atoms with Crippen molar-refractivity contribution in [3.05, 3.63) is 78.0 Å². The number of hydrogen-bond acceptors (Lipinski definition) is 2. The second-order valence-electron chi connectivity index (χ2n) is 7.12. The fourth-order valence-electron chi connectivity index (χ4n) is 3.78. The van der Waals surface area contributed by atoms with Crippen LogP contribution in [0.5, 0.6) is 0 Å². The molecular formula is C23H26N2S. The highest BCUT2D eigenvalue weighted by Gasteiger charge is 2.19. The molecule has 0 bridgehead atoms. The van der Waals surface area contributed by atoms with Gasteiger partial charge in [-0.2, -0.15) is 11.8 Å². The second-order valence-corrected chi connectivity index (χ2v) is 8.55. The predicted molar refractivity (Wildman–Crippen MR) is 114 cm³/mol. The van der Waals surface area contributed by atoms with Gasteiger partial charge >= 0.3 is 0 Å². The number of thioether (sulfide) groups is 1. The average Bonchev–Trinajstić information content (AvgIpc) is 3.10. The molecular weight excluding hydrogens is 336 g/mol. The molecule has 3 heteroatoms. The molecule has 3 aromatic rings. The number of fused-ring (bicyclic) bond motifs is 1. The van der Waals surface area contributed by atoms with Crippen molar-refractivity contribution in [3.8, 4) is 0 Å². The fourth-order valence-corrected chi connectivity index (χ4v) is 4.85. The van der Waals surface area contributed by atoms with E-state index in [1.807, 2.05) is 0 Å². The summed E-state index contributed by atoms with van der Waals surface area (Å²) in [6.45, 7) is 3.34. The quantitative estimate of drug-likeness (QED) is 0.595. The maximum absolute atomic E-state index is 3.68. The molecule has 0 amide bonds. The number of benzene rings is 2. The Bertz CT molecular complexity index is 881. The molecule has 2 heterocycles. The highest BCUT2D eigenvalue weighted by atomic mass is 32.2. The first-order valence-corrected chi connectivity index (χ1v) is 10.5. The Hall–Kier alpha value is -1.97. The van der Waals surface area contributed by atoms with Crippen LogP contribution in [0.3, 0.4) is 0 Å². The summed E-state index contributed by atoms with van der Waals surface area (Å²) in [6, 6.07) is 19.9. The van der Waals surface area contributed by atoms with Gasteiger partial charge in [0.25, 0.3) is 0 Å². The minimum atomic E-state index is 0.570. The molecule has 2 atom stereocenters. The van der Waals surface area contributed by atoms with Crippen LogP contribution >= 0.6 is 11.8 Å². The van der Waals surface area contributed by atoms with Crippen LogP contribution in [0, 0.1) is 0 Å². The van der Waals surface area contributed by atoms with Gasteiger partial charge in [0.1, 0.15) is 0 Å². The normalized spacial score (nSPS) is 18.7. The molecule has 1 aliphatic heterocycles. The van der Waals surface area contributed by atoms with E-state index in [-0.39, 0.29) is 0 Å². The molecule has 26 heavy (non-hydrogen) atoms. The van der Waals surface area contributed by atoms with Crippen molar-refractivity contribution in [2.75, 3.05) is 6.54 Å². The van der Waals surface area contributed by atoms with Crippen molar-refractivity contribution in [2.45, 2.75) is 36.8 Å². The van der Waals surface area contributed by atoms with Gasteiger partial charge < -0.3 is 10.3 Å². The zero-order valence-corrected chi connectivity index (χ0v) is 16.1. The molecule has 1 aliphatic rings. The topological polar surface area (TPSA) is 27.8 Å². The van der Waals surface area contributed by atoms with E-state index in [0.29, 0.717) is 11.3 Å². The number of aromatic amines is 1. The number of rotatable bonds is 6. The van der Waals surface area contributed by atoms with Crippen LogP contribution in [-0.4, -0.2) is 22.8 Å². The van der Waals surface area contributed by atoms with Gasteiger partial charge in [-0.1, -0.05) is 61.5 Å².